The second-order valence-corrected chi connectivity index (χ2v) is 4.38. The summed E-state index contributed by atoms with van der Waals surface area (Å²) in [6.07, 6.45) is 3.24. The number of carbonyl (C=O) groups is 4. The average molecular weight is 313 g/mol. The second kappa shape index (κ2) is 16.9. The van der Waals surface area contributed by atoms with Crippen LogP contribution in [0.15, 0.2) is 0 Å². The third-order valence-corrected chi connectivity index (χ3v) is 2.30. The van der Waals surface area contributed by atoms with E-state index in [-0.39, 0.29) is 28.9 Å². The molecule has 0 rings (SSSR count). The zero-order valence-corrected chi connectivity index (χ0v) is 13.8. The topological polar surface area (TPSA) is 114 Å². The number of unbranched alkanes of at least 4 members (excludes halogenated alkanes) is 2. The van der Waals surface area contributed by atoms with E-state index in [2.05, 4.69) is 0 Å². The maximum atomic E-state index is 10.6. The fourth-order valence-electron chi connectivity index (χ4n) is 1.25. The Bertz CT molecular complexity index is 295. The molecule has 0 fully saturated rings. The zero-order valence-electron chi connectivity index (χ0n) is 12.7. The van der Waals surface area contributed by atoms with E-state index in [0.29, 0.717) is 12.8 Å². The van der Waals surface area contributed by atoms with E-state index >= 15 is 0 Å². The number of rotatable bonds is 10. The molecule has 0 aliphatic heterocycles. The third kappa shape index (κ3) is 24.2. The quantitative estimate of drug-likeness (QED) is 0.392. The third-order valence-electron chi connectivity index (χ3n) is 2.30. The van der Waals surface area contributed by atoms with Gasteiger partial charge in [-0.05, 0) is 12.8 Å². The summed E-state index contributed by atoms with van der Waals surface area (Å²) in [5.41, 5.74) is 0. The van der Waals surface area contributed by atoms with E-state index < -0.39 is 24.8 Å². The summed E-state index contributed by atoms with van der Waals surface area (Å²) >= 11 is 0. The van der Waals surface area contributed by atoms with E-state index in [9.17, 15) is 29.4 Å². The van der Waals surface area contributed by atoms with Crippen molar-refractivity contribution in [3.05, 3.63) is 0 Å². The molecule has 0 atom stereocenters. The van der Waals surface area contributed by atoms with Gasteiger partial charge in [-0.2, -0.15) is 0 Å². The fraction of sp³-hybridized carbons (Fsp3) is 0.714. The van der Waals surface area contributed by atoms with Gasteiger partial charge in [-0.25, -0.2) is 0 Å². The molecular formula is C14H22AlO6. The first-order chi connectivity index (χ1) is 9.33. The Morgan fingerprint density at radius 1 is 0.714 bits per heavy atom. The number of ketones is 2. The van der Waals surface area contributed by atoms with Crippen LogP contribution in [0.25, 0.3) is 0 Å². The van der Waals surface area contributed by atoms with Crippen LogP contribution in [-0.2, 0) is 19.2 Å². The molecule has 7 heteroatoms. The number of aliphatic carboxylic acids is 2. The van der Waals surface area contributed by atoms with Crippen molar-refractivity contribution in [2.45, 2.75) is 65.2 Å². The van der Waals surface area contributed by atoms with E-state index in [0.717, 1.165) is 25.7 Å². The first-order valence-corrected chi connectivity index (χ1v) is 6.76. The van der Waals surface area contributed by atoms with E-state index in [1.165, 1.54) is 0 Å². The zero-order chi connectivity index (χ0) is 16.0. The molecule has 0 saturated carbocycles. The summed E-state index contributed by atoms with van der Waals surface area (Å²) in [6, 6.07) is 0. The Morgan fingerprint density at radius 3 is 1.19 bits per heavy atom. The SMILES string of the molecule is CCCCC(=O)CC(=O)[O-].CCCCC(=O)CC(=O)[O-].[Al+2]. The first kappa shape index (κ1) is 24.8. The van der Waals surface area contributed by atoms with Crippen molar-refractivity contribution in [1.82, 2.24) is 0 Å². The minimum Gasteiger partial charge on any atom is -0.550 e. The van der Waals surface area contributed by atoms with Crippen LogP contribution in [0.5, 0.6) is 0 Å². The van der Waals surface area contributed by atoms with Gasteiger partial charge in [0.1, 0.15) is 11.6 Å². The van der Waals surface area contributed by atoms with Crippen LogP contribution >= 0.6 is 0 Å². The minimum absolute atomic E-state index is 0. The van der Waals surface area contributed by atoms with Crippen LogP contribution in [-0.4, -0.2) is 40.9 Å². The van der Waals surface area contributed by atoms with Crippen molar-refractivity contribution in [3.63, 3.8) is 0 Å². The maximum Gasteiger partial charge on any atom is 2.00 e. The van der Waals surface area contributed by atoms with Gasteiger partial charge in [-0.1, -0.05) is 26.7 Å². The molecule has 0 aromatic rings. The number of hydrogen-bond donors (Lipinski definition) is 0. The summed E-state index contributed by atoms with van der Waals surface area (Å²) in [4.78, 5) is 40.9. The molecule has 0 aromatic heterocycles. The number of hydrogen-bond acceptors (Lipinski definition) is 6. The Hall–Kier alpha value is -1.19. The van der Waals surface area contributed by atoms with Crippen molar-refractivity contribution < 1.29 is 29.4 Å². The standard InChI is InChI=1S/2C7H12O3.Al/c2*1-2-3-4-6(8)5-7(9)10;/h2*2-5H2,1H3,(H,9,10);/q;;+2/p-2. The predicted molar refractivity (Wildman–Crippen MR) is 74.1 cm³/mol. The molecule has 0 unspecified atom stereocenters. The maximum absolute atomic E-state index is 10.6. The van der Waals surface area contributed by atoms with Gasteiger partial charge in [0.2, 0.25) is 0 Å². The van der Waals surface area contributed by atoms with Gasteiger partial charge in [0.05, 0.1) is 0 Å². The number of carboxylic acids is 2. The van der Waals surface area contributed by atoms with Crippen LogP contribution in [0.2, 0.25) is 0 Å². The van der Waals surface area contributed by atoms with E-state index in [1.807, 2.05) is 13.8 Å². The van der Waals surface area contributed by atoms with Gasteiger partial charge in [-0.3, -0.25) is 9.59 Å². The number of carboxylic acid groups (broad SMARTS) is 2. The Balaban J connectivity index is -0.000000295. The van der Waals surface area contributed by atoms with Gasteiger partial charge in [0.25, 0.3) is 0 Å². The molecule has 0 bridgehead atoms. The largest absolute Gasteiger partial charge is 2.00 e. The van der Waals surface area contributed by atoms with Crippen LogP contribution in [0.3, 0.4) is 0 Å². The molecule has 0 saturated heterocycles. The first-order valence-electron chi connectivity index (χ1n) is 6.76. The van der Waals surface area contributed by atoms with Gasteiger partial charge in [0.15, 0.2) is 0 Å². The number of carbonyl (C=O) groups excluding carboxylic acids is 4. The smallest absolute Gasteiger partial charge is 0.550 e. The molecule has 0 spiro atoms. The van der Waals surface area contributed by atoms with Crippen molar-refractivity contribution in [1.29, 1.82) is 0 Å². The van der Waals surface area contributed by atoms with Gasteiger partial charge in [0, 0.05) is 37.6 Å². The molecule has 0 heterocycles. The fourth-order valence-corrected chi connectivity index (χ4v) is 1.25. The molecule has 21 heavy (non-hydrogen) atoms. The molecule has 0 N–H and O–H groups in total. The molecule has 117 valence electrons. The van der Waals surface area contributed by atoms with Gasteiger partial charge < -0.3 is 19.8 Å². The Labute approximate surface area is 136 Å². The molecule has 0 aliphatic carbocycles. The van der Waals surface area contributed by atoms with Crippen molar-refractivity contribution >= 4 is 40.9 Å². The van der Waals surface area contributed by atoms with E-state index in [4.69, 9.17) is 0 Å². The van der Waals surface area contributed by atoms with E-state index in [1.54, 1.807) is 0 Å². The summed E-state index contributed by atoms with van der Waals surface area (Å²) in [5, 5.41) is 19.7. The minimum atomic E-state index is -1.28. The Kier molecular flexibility index (Phi) is 19.9. The molecule has 6 nitrogen and oxygen atoms in total. The second-order valence-electron chi connectivity index (χ2n) is 4.38. The van der Waals surface area contributed by atoms with Crippen LogP contribution < -0.4 is 10.2 Å². The summed E-state index contributed by atoms with van der Waals surface area (Å²) < 4.78 is 0. The van der Waals surface area contributed by atoms with Gasteiger partial charge in [-0.15, -0.1) is 0 Å². The predicted octanol–water partition coefficient (Wildman–Crippen LogP) is -0.609. The monoisotopic (exact) mass is 313 g/mol. The normalized spacial score (nSPS) is 8.86. The summed E-state index contributed by atoms with van der Waals surface area (Å²) in [6.45, 7) is 3.90. The van der Waals surface area contributed by atoms with Crippen molar-refractivity contribution in [3.8, 4) is 0 Å². The summed E-state index contributed by atoms with van der Waals surface area (Å²) in [5.74, 6) is -3.02. The van der Waals surface area contributed by atoms with Crippen molar-refractivity contribution in [2.24, 2.45) is 0 Å². The van der Waals surface area contributed by atoms with Gasteiger partial charge >= 0.3 is 17.4 Å². The van der Waals surface area contributed by atoms with Crippen LogP contribution in [0.4, 0.5) is 0 Å². The van der Waals surface area contributed by atoms with Crippen LogP contribution in [0.1, 0.15) is 65.2 Å². The average Bonchev–Trinajstić information content (AvgIpc) is 2.33. The van der Waals surface area contributed by atoms with Crippen molar-refractivity contribution in [2.75, 3.05) is 0 Å². The molecule has 1 radical (unpaired) electrons. The Morgan fingerprint density at radius 2 is 1.00 bits per heavy atom. The molecule has 0 amide bonds. The van der Waals surface area contributed by atoms with Crippen LogP contribution in [0, 0.1) is 0 Å². The molecular weight excluding hydrogens is 291 g/mol. The molecule has 0 aliphatic rings. The number of Topliss-reactive ketones (excluding diaryl/α,β-unsaturated/α-hetero) is 2. The molecule has 0 aromatic carbocycles. The summed E-state index contributed by atoms with van der Waals surface area (Å²) in [7, 11) is 0.